The number of rotatable bonds is 7. The first-order chi connectivity index (χ1) is 13.1. The summed E-state index contributed by atoms with van der Waals surface area (Å²) in [5.74, 6) is 1.18. The highest BCUT2D eigenvalue weighted by Gasteiger charge is 2.30. The second-order valence-electron chi connectivity index (χ2n) is 6.51. The van der Waals surface area contributed by atoms with E-state index in [1.807, 2.05) is 60.8 Å². The SMILES string of the molecule is O=S(=O)(CC1CS1)c1ccc(N(Cc2cccnc2)c2ccccc2)cc1. The highest BCUT2D eigenvalue weighted by Crippen LogP contribution is 2.33. The smallest absolute Gasteiger partial charge is 0.179 e. The van der Waals surface area contributed by atoms with E-state index in [0.29, 0.717) is 11.4 Å². The largest absolute Gasteiger partial charge is 0.337 e. The van der Waals surface area contributed by atoms with Gasteiger partial charge in [0, 0.05) is 41.3 Å². The summed E-state index contributed by atoms with van der Waals surface area (Å²) >= 11 is 1.70. The number of thioether (sulfide) groups is 1. The summed E-state index contributed by atoms with van der Waals surface area (Å²) in [5.41, 5.74) is 3.08. The molecule has 1 unspecified atom stereocenters. The zero-order valence-electron chi connectivity index (χ0n) is 14.7. The van der Waals surface area contributed by atoms with Crippen molar-refractivity contribution in [3.8, 4) is 0 Å². The van der Waals surface area contributed by atoms with Crippen LogP contribution >= 0.6 is 11.8 Å². The zero-order chi connectivity index (χ0) is 18.7. The van der Waals surface area contributed by atoms with Gasteiger partial charge in [-0.15, -0.1) is 0 Å². The van der Waals surface area contributed by atoms with Gasteiger partial charge in [0.25, 0.3) is 0 Å². The fourth-order valence-corrected chi connectivity index (χ4v) is 5.63. The van der Waals surface area contributed by atoms with Crippen molar-refractivity contribution in [1.29, 1.82) is 0 Å². The van der Waals surface area contributed by atoms with Crippen molar-refractivity contribution in [2.75, 3.05) is 16.4 Å². The van der Waals surface area contributed by atoms with Crippen molar-refractivity contribution in [2.24, 2.45) is 0 Å². The molecule has 3 aromatic rings. The Morgan fingerprint density at radius 3 is 2.30 bits per heavy atom. The Bertz CT molecular complexity index is 987. The van der Waals surface area contributed by atoms with Gasteiger partial charge in [-0.2, -0.15) is 11.8 Å². The Kier molecular flexibility index (Phi) is 5.18. The molecule has 6 heteroatoms. The third-order valence-corrected chi connectivity index (χ3v) is 7.46. The fraction of sp³-hybridized carbons (Fsp3) is 0.190. The molecule has 1 aromatic heterocycles. The summed E-state index contributed by atoms with van der Waals surface area (Å²) in [6.07, 6.45) is 3.61. The Balaban J connectivity index is 1.63. The van der Waals surface area contributed by atoms with Crippen LogP contribution in [0.25, 0.3) is 0 Å². The van der Waals surface area contributed by atoms with Crippen LogP contribution in [0.5, 0.6) is 0 Å². The molecule has 1 saturated heterocycles. The molecule has 27 heavy (non-hydrogen) atoms. The first-order valence-electron chi connectivity index (χ1n) is 8.78. The minimum Gasteiger partial charge on any atom is -0.337 e. The second kappa shape index (κ2) is 7.74. The van der Waals surface area contributed by atoms with E-state index in [0.717, 1.165) is 22.7 Å². The number of sulfone groups is 1. The van der Waals surface area contributed by atoms with Gasteiger partial charge in [-0.05, 0) is 48.0 Å². The predicted molar refractivity (Wildman–Crippen MR) is 111 cm³/mol. The minimum atomic E-state index is -3.21. The van der Waals surface area contributed by atoms with Gasteiger partial charge < -0.3 is 4.90 Å². The van der Waals surface area contributed by atoms with E-state index in [2.05, 4.69) is 9.88 Å². The van der Waals surface area contributed by atoms with Gasteiger partial charge in [0.1, 0.15) is 0 Å². The van der Waals surface area contributed by atoms with E-state index in [-0.39, 0.29) is 11.0 Å². The van der Waals surface area contributed by atoms with Crippen LogP contribution in [0.2, 0.25) is 0 Å². The summed E-state index contributed by atoms with van der Waals surface area (Å²) in [5, 5.41) is 0.265. The second-order valence-corrected chi connectivity index (χ2v) is 9.88. The van der Waals surface area contributed by atoms with E-state index in [9.17, 15) is 8.42 Å². The van der Waals surface area contributed by atoms with Crippen molar-refractivity contribution in [3.63, 3.8) is 0 Å². The maximum absolute atomic E-state index is 12.5. The lowest BCUT2D eigenvalue weighted by Gasteiger charge is -2.25. The van der Waals surface area contributed by atoms with Crippen LogP contribution in [0, 0.1) is 0 Å². The Labute approximate surface area is 164 Å². The monoisotopic (exact) mass is 396 g/mol. The topological polar surface area (TPSA) is 50.3 Å². The quantitative estimate of drug-likeness (QED) is 0.557. The van der Waals surface area contributed by atoms with Gasteiger partial charge in [0.2, 0.25) is 0 Å². The Hall–Kier alpha value is -2.31. The molecule has 2 aromatic carbocycles. The summed E-state index contributed by atoms with van der Waals surface area (Å²) in [6, 6.07) is 21.2. The van der Waals surface area contributed by atoms with Gasteiger partial charge >= 0.3 is 0 Å². The first-order valence-corrected chi connectivity index (χ1v) is 11.5. The molecule has 0 aliphatic carbocycles. The van der Waals surface area contributed by atoms with Gasteiger partial charge in [-0.25, -0.2) is 8.42 Å². The normalized spacial score (nSPS) is 16.1. The van der Waals surface area contributed by atoms with E-state index in [1.165, 1.54) is 0 Å². The van der Waals surface area contributed by atoms with Crippen molar-refractivity contribution in [2.45, 2.75) is 16.7 Å². The van der Waals surface area contributed by atoms with Crippen molar-refractivity contribution < 1.29 is 8.42 Å². The van der Waals surface area contributed by atoms with E-state index in [4.69, 9.17) is 0 Å². The summed E-state index contributed by atoms with van der Waals surface area (Å²) in [4.78, 5) is 6.75. The number of pyridine rings is 1. The number of aromatic nitrogens is 1. The molecule has 0 bridgehead atoms. The molecule has 0 amide bonds. The minimum absolute atomic E-state index is 0.231. The van der Waals surface area contributed by atoms with Crippen molar-refractivity contribution >= 4 is 33.0 Å². The zero-order valence-corrected chi connectivity index (χ0v) is 16.4. The molecule has 1 atom stereocenters. The van der Waals surface area contributed by atoms with Gasteiger partial charge in [0.15, 0.2) is 9.84 Å². The number of hydrogen-bond acceptors (Lipinski definition) is 5. The summed E-state index contributed by atoms with van der Waals surface area (Å²) < 4.78 is 25.0. The summed E-state index contributed by atoms with van der Waals surface area (Å²) in [6.45, 7) is 0.655. The highest BCUT2D eigenvalue weighted by molar-refractivity contribution is 8.08. The van der Waals surface area contributed by atoms with Crippen LogP contribution in [0.1, 0.15) is 5.56 Å². The standard InChI is InChI=1S/C21H20N2O2S2/c24-27(25,16-20-15-26-20)21-10-8-19(9-11-21)23(18-6-2-1-3-7-18)14-17-5-4-12-22-13-17/h1-13,20H,14-16H2. The molecule has 0 spiro atoms. The van der Waals surface area contributed by atoms with Gasteiger partial charge in [0.05, 0.1) is 10.6 Å². The Morgan fingerprint density at radius 2 is 1.67 bits per heavy atom. The Morgan fingerprint density at radius 1 is 0.963 bits per heavy atom. The molecule has 1 aliphatic rings. The molecule has 138 valence electrons. The lowest BCUT2D eigenvalue weighted by molar-refractivity contribution is 0.596. The van der Waals surface area contributed by atoms with E-state index >= 15 is 0 Å². The number of hydrogen-bond donors (Lipinski definition) is 0. The maximum atomic E-state index is 12.5. The lowest BCUT2D eigenvalue weighted by Crippen LogP contribution is -2.17. The fourth-order valence-electron chi connectivity index (χ4n) is 2.95. The average Bonchev–Trinajstić information content (AvgIpc) is 3.51. The predicted octanol–water partition coefficient (Wildman–Crippen LogP) is 4.31. The number of nitrogens with zero attached hydrogens (tertiary/aromatic N) is 2. The molecular formula is C21H20N2O2S2. The third kappa shape index (κ3) is 4.51. The van der Waals surface area contributed by atoms with Gasteiger partial charge in [-0.3, -0.25) is 4.98 Å². The van der Waals surface area contributed by atoms with Gasteiger partial charge in [-0.1, -0.05) is 24.3 Å². The molecule has 4 rings (SSSR count). The number of anilines is 2. The van der Waals surface area contributed by atoms with Crippen LogP contribution in [0.4, 0.5) is 11.4 Å². The molecule has 0 saturated carbocycles. The van der Waals surface area contributed by atoms with Crippen LogP contribution in [0.3, 0.4) is 0 Å². The van der Waals surface area contributed by atoms with Crippen molar-refractivity contribution in [3.05, 3.63) is 84.7 Å². The molecule has 2 heterocycles. The van der Waals surface area contributed by atoms with Crippen LogP contribution < -0.4 is 4.90 Å². The van der Waals surface area contributed by atoms with E-state index < -0.39 is 9.84 Å². The van der Waals surface area contributed by atoms with Crippen LogP contribution in [0.15, 0.2) is 84.0 Å². The van der Waals surface area contributed by atoms with Crippen molar-refractivity contribution in [1.82, 2.24) is 4.98 Å². The average molecular weight is 397 g/mol. The van der Waals surface area contributed by atoms with Crippen LogP contribution in [-0.2, 0) is 16.4 Å². The molecule has 0 N–H and O–H groups in total. The van der Waals surface area contributed by atoms with Crippen LogP contribution in [-0.4, -0.2) is 30.2 Å². The molecule has 1 fully saturated rings. The maximum Gasteiger partial charge on any atom is 0.179 e. The lowest BCUT2D eigenvalue weighted by atomic mass is 10.2. The van der Waals surface area contributed by atoms with E-state index in [1.54, 1.807) is 30.1 Å². The number of benzene rings is 2. The molecule has 4 nitrogen and oxygen atoms in total. The molecule has 1 aliphatic heterocycles. The highest BCUT2D eigenvalue weighted by atomic mass is 32.2. The molecule has 0 radical (unpaired) electrons. The molecular weight excluding hydrogens is 376 g/mol. The summed E-state index contributed by atoms with van der Waals surface area (Å²) in [7, 11) is -3.21. The number of para-hydroxylation sites is 1. The first kappa shape index (κ1) is 18.1. The third-order valence-electron chi connectivity index (χ3n) is 4.45.